The fourth-order valence-corrected chi connectivity index (χ4v) is 3.79. The van der Waals surface area contributed by atoms with Crippen LogP contribution >= 0.6 is 0 Å². The predicted octanol–water partition coefficient (Wildman–Crippen LogP) is 3.12. The number of Topliss-reactive ketones (excluding diaryl/α,β-unsaturated/α-hetero) is 1. The van der Waals surface area contributed by atoms with Gasteiger partial charge in [-0.05, 0) is 44.4 Å². The molecule has 31 heavy (non-hydrogen) atoms. The van der Waals surface area contributed by atoms with Crippen molar-refractivity contribution >= 4 is 23.5 Å². The minimum Gasteiger partial charge on any atom is -0.356 e. The van der Waals surface area contributed by atoms with E-state index in [4.69, 9.17) is 0 Å². The molecule has 0 aromatic rings. The van der Waals surface area contributed by atoms with E-state index in [1.54, 1.807) is 0 Å². The van der Waals surface area contributed by atoms with E-state index in [0.29, 0.717) is 56.9 Å². The summed E-state index contributed by atoms with van der Waals surface area (Å²) < 4.78 is 0. The average molecular weight is 438 g/mol. The number of nitrogens with one attached hydrogen (secondary N) is 3. The fourth-order valence-electron chi connectivity index (χ4n) is 3.79. The Morgan fingerprint density at radius 2 is 1.39 bits per heavy atom. The van der Waals surface area contributed by atoms with E-state index in [0.717, 1.165) is 32.1 Å². The lowest BCUT2D eigenvalue weighted by atomic mass is 9.80. The summed E-state index contributed by atoms with van der Waals surface area (Å²) in [6.45, 7) is 9.25. The van der Waals surface area contributed by atoms with Crippen molar-refractivity contribution in [3.8, 4) is 0 Å². The van der Waals surface area contributed by atoms with Crippen LogP contribution in [0.15, 0.2) is 0 Å². The summed E-state index contributed by atoms with van der Waals surface area (Å²) in [7, 11) is 0. The van der Waals surface area contributed by atoms with Crippen LogP contribution in [0.5, 0.6) is 0 Å². The fraction of sp³-hybridized carbons (Fsp3) is 0.833. The lowest BCUT2D eigenvalue weighted by molar-refractivity contribution is -0.127. The molecule has 7 heteroatoms. The van der Waals surface area contributed by atoms with Crippen LogP contribution in [0.3, 0.4) is 0 Å². The maximum atomic E-state index is 12.1. The minimum absolute atomic E-state index is 0.0221. The second-order valence-corrected chi connectivity index (χ2v) is 9.30. The van der Waals surface area contributed by atoms with Gasteiger partial charge in [-0.15, -0.1) is 0 Å². The highest BCUT2D eigenvalue weighted by molar-refractivity contribution is 5.83. The first-order chi connectivity index (χ1) is 14.7. The molecule has 0 saturated heterocycles. The van der Waals surface area contributed by atoms with Gasteiger partial charge in [0.2, 0.25) is 17.7 Å². The summed E-state index contributed by atoms with van der Waals surface area (Å²) in [6.07, 6.45) is 6.59. The second-order valence-electron chi connectivity index (χ2n) is 9.30. The Morgan fingerprint density at radius 1 is 0.806 bits per heavy atom. The zero-order valence-corrected chi connectivity index (χ0v) is 19.9. The SMILES string of the molecule is CCC(C)CNC(=O)CCCNC(=O)CCCC(=O)NC1CCC(C(=O)C(C)C)CC1. The number of hydrogen-bond donors (Lipinski definition) is 3. The van der Waals surface area contributed by atoms with Crippen molar-refractivity contribution in [2.24, 2.45) is 17.8 Å². The zero-order chi connectivity index (χ0) is 23.2. The van der Waals surface area contributed by atoms with Gasteiger partial charge < -0.3 is 16.0 Å². The standard InChI is InChI=1S/C24H43N3O4/c1-5-18(4)16-26-22(29)10-7-15-25-21(28)8-6-9-23(30)27-20-13-11-19(12-14-20)24(31)17(2)3/h17-20H,5-16H2,1-4H3,(H,25,28)(H,26,29)(H,27,30). The van der Waals surface area contributed by atoms with Crippen LogP contribution in [-0.4, -0.2) is 42.6 Å². The summed E-state index contributed by atoms with van der Waals surface area (Å²) in [5.74, 6) is 0.947. The molecule has 0 heterocycles. The van der Waals surface area contributed by atoms with Gasteiger partial charge in [0.05, 0.1) is 0 Å². The molecule has 3 amide bonds. The lowest BCUT2D eigenvalue weighted by Gasteiger charge is -2.29. The summed E-state index contributed by atoms with van der Waals surface area (Å²) >= 11 is 0. The average Bonchev–Trinajstić information content (AvgIpc) is 2.74. The number of carbonyl (C=O) groups excluding carboxylic acids is 4. The summed E-state index contributed by atoms with van der Waals surface area (Å²) in [5, 5.41) is 8.76. The van der Waals surface area contributed by atoms with Crippen LogP contribution in [0.2, 0.25) is 0 Å². The Kier molecular flexibility index (Phi) is 13.1. The third kappa shape index (κ3) is 11.9. The topological polar surface area (TPSA) is 104 Å². The number of ketones is 1. The first kappa shape index (κ1) is 27.1. The molecule has 1 aliphatic rings. The molecule has 0 radical (unpaired) electrons. The highest BCUT2D eigenvalue weighted by Gasteiger charge is 2.28. The van der Waals surface area contributed by atoms with Crippen molar-refractivity contribution in [3.05, 3.63) is 0 Å². The van der Waals surface area contributed by atoms with Crippen LogP contribution in [-0.2, 0) is 19.2 Å². The third-order valence-corrected chi connectivity index (χ3v) is 6.12. The Balaban J connectivity index is 2.06. The van der Waals surface area contributed by atoms with E-state index in [2.05, 4.69) is 29.8 Å². The molecule has 0 aliphatic heterocycles. The Labute approximate surface area is 187 Å². The van der Waals surface area contributed by atoms with E-state index >= 15 is 0 Å². The molecule has 0 bridgehead atoms. The van der Waals surface area contributed by atoms with Gasteiger partial charge in [-0.3, -0.25) is 19.2 Å². The molecule has 1 atom stereocenters. The number of amides is 3. The van der Waals surface area contributed by atoms with E-state index in [9.17, 15) is 19.2 Å². The van der Waals surface area contributed by atoms with Crippen molar-refractivity contribution in [2.45, 2.75) is 97.9 Å². The Morgan fingerprint density at radius 3 is 2.00 bits per heavy atom. The Hall–Kier alpha value is -1.92. The highest BCUT2D eigenvalue weighted by Crippen LogP contribution is 2.27. The molecule has 178 valence electrons. The van der Waals surface area contributed by atoms with E-state index in [1.165, 1.54) is 0 Å². The van der Waals surface area contributed by atoms with Crippen LogP contribution in [0.1, 0.15) is 91.9 Å². The van der Waals surface area contributed by atoms with E-state index in [-0.39, 0.29) is 35.6 Å². The van der Waals surface area contributed by atoms with Crippen LogP contribution < -0.4 is 16.0 Å². The maximum absolute atomic E-state index is 12.1. The molecule has 1 unspecified atom stereocenters. The minimum atomic E-state index is -0.0829. The van der Waals surface area contributed by atoms with Crippen molar-refractivity contribution in [2.75, 3.05) is 13.1 Å². The zero-order valence-electron chi connectivity index (χ0n) is 19.9. The van der Waals surface area contributed by atoms with Crippen LogP contribution in [0, 0.1) is 17.8 Å². The maximum Gasteiger partial charge on any atom is 0.220 e. The number of rotatable bonds is 14. The quantitative estimate of drug-likeness (QED) is 0.363. The molecule has 3 N–H and O–H groups in total. The van der Waals surface area contributed by atoms with Crippen molar-refractivity contribution < 1.29 is 19.2 Å². The first-order valence-corrected chi connectivity index (χ1v) is 12.1. The van der Waals surface area contributed by atoms with Gasteiger partial charge in [0.25, 0.3) is 0 Å². The van der Waals surface area contributed by atoms with E-state index < -0.39 is 0 Å². The molecule has 0 aromatic carbocycles. The largest absolute Gasteiger partial charge is 0.356 e. The van der Waals surface area contributed by atoms with Gasteiger partial charge >= 0.3 is 0 Å². The van der Waals surface area contributed by atoms with Gasteiger partial charge in [0.15, 0.2) is 0 Å². The monoisotopic (exact) mass is 437 g/mol. The molecule has 1 fully saturated rings. The number of hydrogen-bond acceptors (Lipinski definition) is 4. The van der Waals surface area contributed by atoms with Gasteiger partial charge in [0, 0.05) is 50.2 Å². The lowest BCUT2D eigenvalue weighted by Crippen LogP contribution is -2.39. The van der Waals surface area contributed by atoms with Crippen LogP contribution in [0.25, 0.3) is 0 Å². The number of carbonyl (C=O) groups is 4. The van der Waals surface area contributed by atoms with Gasteiger partial charge in [-0.2, -0.15) is 0 Å². The Bertz CT molecular complexity index is 583. The smallest absolute Gasteiger partial charge is 0.220 e. The highest BCUT2D eigenvalue weighted by atomic mass is 16.2. The third-order valence-electron chi connectivity index (χ3n) is 6.12. The van der Waals surface area contributed by atoms with Crippen LogP contribution in [0.4, 0.5) is 0 Å². The molecular formula is C24H43N3O4. The molecule has 0 spiro atoms. The molecule has 1 aliphatic carbocycles. The molecule has 1 rings (SSSR count). The molecular weight excluding hydrogens is 394 g/mol. The van der Waals surface area contributed by atoms with Gasteiger partial charge in [-0.1, -0.05) is 34.1 Å². The summed E-state index contributed by atoms with van der Waals surface area (Å²) in [6, 6.07) is 0.143. The van der Waals surface area contributed by atoms with Crippen molar-refractivity contribution in [1.29, 1.82) is 0 Å². The molecule has 1 saturated carbocycles. The summed E-state index contributed by atoms with van der Waals surface area (Å²) in [5.41, 5.74) is 0. The van der Waals surface area contributed by atoms with Crippen molar-refractivity contribution in [3.63, 3.8) is 0 Å². The predicted molar refractivity (Wildman–Crippen MR) is 122 cm³/mol. The molecule has 7 nitrogen and oxygen atoms in total. The second kappa shape index (κ2) is 15.0. The van der Waals surface area contributed by atoms with Crippen molar-refractivity contribution in [1.82, 2.24) is 16.0 Å². The summed E-state index contributed by atoms with van der Waals surface area (Å²) in [4.78, 5) is 47.8. The van der Waals surface area contributed by atoms with Gasteiger partial charge in [-0.25, -0.2) is 0 Å². The van der Waals surface area contributed by atoms with Gasteiger partial charge in [0.1, 0.15) is 5.78 Å². The molecule has 0 aromatic heterocycles. The normalized spacial score (nSPS) is 19.5. The van der Waals surface area contributed by atoms with E-state index in [1.807, 2.05) is 13.8 Å². The first-order valence-electron chi connectivity index (χ1n) is 12.1.